The van der Waals surface area contributed by atoms with E-state index in [1.165, 1.54) is 6.07 Å². The summed E-state index contributed by atoms with van der Waals surface area (Å²) in [6, 6.07) is 14.2. The average molecular weight is 381 g/mol. The van der Waals surface area contributed by atoms with Crippen LogP contribution in [-0.4, -0.2) is 28.9 Å². The molecule has 0 spiro atoms. The van der Waals surface area contributed by atoms with E-state index >= 15 is 0 Å². The van der Waals surface area contributed by atoms with E-state index in [2.05, 4.69) is 0 Å². The highest BCUT2D eigenvalue weighted by Crippen LogP contribution is 2.40. The van der Waals surface area contributed by atoms with E-state index in [-0.39, 0.29) is 42.0 Å². The van der Waals surface area contributed by atoms with E-state index in [1.807, 2.05) is 37.3 Å². The second kappa shape index (κ2) is 7.74. The number of nitrogens with zero attached hydrogens (tertiary/aromatic N) is 1. The number of fused-ring (bicyclic) bond motifs is 2. The zero-order chi connectivity index (χ0) is 19.7. The molecule has 2 heterocycles. The Morgan fingerprint density at radius 1 is 1.07 bits per heavy atom. The standard InChI is InChI=1S/C23H24FNO3/c1-15-7-10-21(24)20(11-15)22(26)17-12-18-8-9-19(13-17)25(18)23(27)28-14-16-5-3-2-4-6-16/h2-7,10-11,17-19H,8-9,12-14H2,1H3. The smallest absolute Gasteiger partial charge is 0.410 e. The number of carbonyl (C=O) groups excluding carboxylic acids is 2. The second-order valence-electron chi connectivity index (χ2n) is 7.85. The molecule has 2 saturated heterocycles. The second-order valence-corrected chi connectivity index (χ2v) is 7.85. The van der Waals surface area contributed by atoms with Crippen molar-refractivity contribution in [1.82, 2.24) is 4.90 Å². The number of benzene rings is 2. The fourth-order valence-electron chi connectivity index (χ4n) is 4.53. The van der Waals surface area contributed by atoms with Crippen molar-refractivity contribution in [3.05, 3.63) is 71.0 Å². The highest BCUT2D eigenvalue weighted by Gasteiger charge is 2.46. The Bertz CT molecular complexity index is 869. The summed E-state index contributed by atoms with van der Waals surface area (Å²) >= 11 is 0. The van der Waals surface area contributed by atoms with Gasteiger partial charge in [0.25, 0.3) is 0 Å². The Kier molecular flexibility index (Phi) is 5.16. The van der Waals surface area contributed by atoms with Gasteiger partial charge in [-0.3, -0.25) is 4.79 Å². The van der Waals surface area contributed by atoms with E-state index in [1.54, 1.807) is 17.0 Å². The van der Waals surface area contributed by atoms with Gasteiger partial charge in [-0.2, -0.15) is 0 Å². The molecule has 2 fully saturated rings. The van der Waals surface area contributed by atoms with Crippen molar-refractivity contribution in [1.29, 1.82) is 0 Å². The number of piperidine rings is 1. The predicted octanol–water partition coefficient (Wildman–Crippen LogP) is 4.90. The summed E-state index contributed by atoms with van der Waals surface area (Å²) in [6.07, 6.45) is 2.56. The van der Waals surface area contributed by atoms with Crippen molar-refractivity contribution < 1.29 is 18.7 Å². The summed E-state index contributed by atoms with van der Waals surface area (Å²) < 4.78 is 19.7. The molecule has 1 amide bonds. The van der Waals surface area contributed by atoms with Crippen molar-refractivity contribution in [2.24, 2.45) is 5.92 Å². The van der Waals surface area contributed by atoms with Gasteiger partial charge in [0.2, 0.25) is 0 Å². The minimum Gasteiger partial charge on any atom is -0.445 e. The van der Waals surface area contributed by atoms with Crippen LogP contribution >= 0.6 is 0 Å². The van der Waals surface area contributed by atoms with Crippen LogP contribution in [0.5, 0.6) is 0 Å². The van der Waals surface area contributed by atoms with Gasteiger partial charge in [-0.1, -0.05) is 42.0 Å². The number of hydrogen-bond acceptors (Lipinski definition) is 3. The van der Waals surface area contributed by atoms with Gasteiger partial charge in [0.15, 0.2) is 5.78 Å². The van der Waals surface area contributed by atoms with E-state index in [4.69, 9.17) is 4.74 Å². The summed E-state index contributed by atoms with van der Waals surface area (Å²) in [5.74, 6) is -0.852. The van der Waals surface area contributed by atoms with Gasteiger partial charge in [0, 0.05) is 18.0 Å². The zero-order valence-electron chi connectivity index (χ0n) is 15.9. The molecule has 0 saturated carbocycles. The fourth-order valence-corrected chi connectivity index (χ4v) is 4.53. The lowest BCUT2D eigenvalue weighted by Crippen LogP contribution is -2.48. The van der Waals surface area contributed by atoms with Crippen LogP contribution in [0.15, 0.2) is 48.5 Å². The summed E-state index contributed by atoms with van der Waals surface area (Å²) in [4.78, 5) is 27.3. The Balaban J connectivity index is 1.42. The first-order valence-corrected chi connectivity index (χ1v) is 9.82. The quantitative estimate of drug-likeness (QED) is 0.708. The third kappa shape index (κ3) is 3.66. The van der Waals surface area contributed by atoms with Gasteiger partial charge in [-0.15, -0.1) is 0 Å². The van der Waals surface area contributed by atoms with Gasteiger partial charge in [0.05, 0.1) is 5.56 Å². The van der Waals surface area contributed by atoms with Crippen LogP contribution in [0, 0.1) is 18.7 Å². The molecule has 4 nitrogen and oxygen atoms in total. The van der Waals surface area contributed by atoms with Crippen molar-refractivity contribution >= 4 is 11.9 Å². The number of carbonyl (C=O) groups is 2. The van der Waals surface area contributed by atoms with Crippen LogP contribution in [-0.2, 0) is 11.3 Å². The monoisotopic (exact) mass is 381 g/mol. The first-order chi connectivity index (χ1) is 13.5. The minimum atomic E-state index is -0.465. The van der Waals surface area contributed by atoms with Crippen LogP contribution in [0.25, 0.3) is 0 Å². The van der Waals surface area contributed by atoms with Crippen LogP contribution < -0.4 is 0 Å². The van der Waals surface area contributed by atoms with Crippen LogP contribution in [0.1, 0.15) is 47.2 Å². The number of halogens is 1. The minimum absolute atomic E-state index is 0.0103. The number of aryl methyl sites for hydroxylation is 1. The van der Waals surface area contributed by atoms with E-state index < -0.39 is 5.82 Å². The molecule has 4 rings (SSSR count). The molecule has 2 atom stereocenters. The van der Waals surface area contributed by atoms with Gasteiger partial charge in [0.1, 0.15) is 12.4 Å². The van der Waals surface area contributed by atoms with Crippen molar-refractivity contribution in [2.75, 3.05) is 0 Å². The number of ketones is 1. The van der Waals surface area contributed by atoms with E-state index in [9.17, 15) is 14.0 Å². The Labute approximate surface area is 164 Å². The molecular formula is C23H24FNO3. The Hall–Kier alpha value is -2.69. The Morgan fingerprint density at radius 2 is 1.75 bits per heavy atom. The molecule has 0 aliphatic carbocycles. The van der Waals surface area contributed by atoms with Crippen molar-refractivity contribution in [2.45, 2.75) is 51.3 Å². The molecule has 2 aliphatic heterocycles. The maximum Gasteiger partial charge on any atom is 0.410 e. The summed E-state index contributed by atoms with van der Waals surface area (Å²) in [5.41, 5.74) is 1.99. The highest BCUT2D eigenvalue weighted by atomic mass is 19.1. The lowest BCUT2D eigenvalue weighted by Gasteiger charge is -2.37. The van der Waals surface area contributed by atoms with Crippen LogP contribution in [0.4, 0.5) is 9.18 Å². The first-order valence-electron chi connectivity index (χ1n) is 9.82. The molecule has 2 aromatic carbocycles. The summed E-state index contributed by atoms with van der Waals surface area (Å²) in [6.45, 7) is 2.09. The van der Waals surface area contributed by atoms with Gasteiger partial charge >= 0.3 is 6.09 Å². The number of amides is 1. The molecule has 5 heteroatoms. The number of rotatable bonds is 4. The maximum atomic E-state index is 14.1. The van der Waals surface area contributed by atoms with Gasteiger partial charge in [-0.25, -0.2) is 9.18 Å². The van der Waals surface area contributed by atoms with Gasteiger partial charge in [-0.05, 0) is 50.3 Å². The summed E-state index contributed by atoms with van der Waals surface area (Å²) in [7, 11) is 0. The van der Waals surface area contributed by atoms with Crippen molar-refractivity contribution in [3.8, 4) is 0 Å². The first kappa shape index (κ1) is 18.7. The lowest BCUT2D eigenvalue weighted by molar-refractivity contribution is 0.0483. The molecule has 2 aliphatic rings. The normalized spacial score (nSPS) is 23.5. The molecule has 2 unspecified atom stereocenters. The Morgan fingerprint density at radius 3 is 2.43 bits per heavy atom. The highest BCUT2D eigenvalue weighted by molar-refractivity contribution is 5.98. The molecule has 2 aromatic rings. The average Bonchev–Trinajstić information content (AvgIpc) is 2.97. The molecule has 146 valence electrons. The predicted molar refractivity (Wildman–Crippen MR) is 103 cm³/mol. The maximum absolute atomic E-state index is 14.1. The molecule has 0 radical (unpaired) electrons. The van der Waals surface area contributed by atoms with Crippen LogP contribution in [0.2, 0.25) is 0 Å². The molecule has 28 heavy (non-hydrogen) atoms. The number of ether oxygens (including phenoxy) is 1. The fraction of sp³-hybridized carbons (Fsp3) is 0.391. The number of hydrogen-bond donors (Lipinski definition) is 0. The third-order valence-electron chi connectivity index (χ3n) is 5.91. The van der Waals surface area contributed by atoms with E-state index in [0.717, 1.165) is 24.0 Å². The number of Topliss-reactive ketones (excluding diaryl/α,β-unsaturated/α-hetero) is 1. The molecule has 2 bridgehead atoms. The molecule has 0 N–H and O–H groups in total. The third-order valence-corrected chi connectivity index (χ3v) is 5.91. The summed E-state index contributed by atoms with van der Waals surface area (Å²) in [5, 5.41) is 0. The van der Waals surface area contributed by atoms with Crippen molar-refractivity contribution in [3.63, 3.8) is 0 Å². The van der Waals surface area contributed by atoms with Gasteiger partial charge < -0.3 is 9.64 Å². The zero-order valence-corrected chi connectivity index (χ0v) is 15.9. The van der Waals surface area contributed by atoms with Crippen LogP contribution in [0.3, 0.4) is 0 Å². The molecule has 0 aromatic heterocycles. The largest absolute Gasteiger partial charge is 0.445 e. The topological polar surface area (TPSA) is 46.6 Å². The van der Waals surface area contributed by atoms with E-state index in [0.29, 0.717) is 12.8 Å². The lowest BCUT2D eigenvalue weighted by atomic mass is 9.84. The SMILES string of the molecule is Cc1ccc(F)c(C(=O)C2CC3CCC(C2)N3C(=O)OCc2ccccc2)c1. The molecular weight excluding hydrogens is 357 g/mol.